The third kappa shape index (κ3) is 26.1. The van der Waals surface area contributed by atoms with E-state index >= 15 is 0 Å². The quantitative estimate of drug-likeness (QED) is 0.0678. The van der Waals surface area contributed by atoms with Crippen LogP contribution >= 0.6 is 0 Å². The zero-order chi connectivity index (χ0) is 28.2. The molecule has 0 fully saturated rings. The smallest absolute Gasteiger partial charge is 0.102 e. The van der Waals surface area contributed by atoms with Crippen molar-refractivity contribution >= 4 is 0 Å². The molecule has 0 aromatic heterocycles. The molecule has 0 radical (unpaired) electrons. The third-order valence-electron chi connectivity index (χ3n) is 8.76. The highest BCUT2D eigenvalue weighted by Crippen LogP contribution is 2.23. The molecule has 0 saturated heterocycles. The molecular weight excluding hydrogens is 466 g/mol. The van der Waals surface area contributed by atoms with E-state index in [0.717, 1.165) is 30.4 Å². The van der Waals surface area contributed by atoms with Gasteiger partial charge in [-0.3, -0.25) is 0 Å². The van der Waals surface area contributed by atoms with Crippen molar-refractivity contribution in [1.82, 2.24) is 0 Å². The van der Waals surface area contributed by atoms with E-state index in [4.69, 9.17) is 0 Å². The molecule has 38 heavy (non-hydrogen) atoms. The lowest BCUT2D eigenvalue weighted by atomic mass is 9.90. The standard InChI is InChI=1S/C35H74NO2/c1-5-7-9-11-13-15-17-19-21-23-25-27-29-34(33-36(3,4)31-32-37)35(38)30-28-26-24-22-20-18-16-14-12-10-8-6-2/h34-35,37-38H,5-33H2,1-4H3/q+1. The van der Waals surface area contributed by atoms with Crippen LogP contribution in [0, 0.1) is 5.92 Å². The first kappa shape index (κ1) is 37.9. The van der Waals surface area contributed by atoms with Crippen molar-refractivity contribution < 1.29 is 14.7 Å². The van der Waals surface area contributed by atoms with Gasteiger partial charge in [-0.25, -0.2) is 0 Å². The van der Waals surface area contributed by atoms with Crippen LogP contribution in [0.3, 0.4) is 0 Å². The number of aliphatic hydroxyl groups excluding tert-OH is 2. The first-order valence-electron chi connectivity index (χ1n) is 17.6. The lowest BCUT2D eigenvalue weighted by Crippen LogP contribution is -2.47. The van der Waals surface area contributed by atoms with Gasteiger partial charge >= 0.3 is 0 Å². The molecular formula is C35H74NO2+. The highest BCUT2D eigenvalue weighted by atomic mass is 16.3. The molecule has 0 aliphatic rings. The maximum Gasteiger partial charge on any atom is 0.102 e. The lowest BCUT2D eigenvalue weighted by Gasteiger charge is -2.35. The second-order valence-corrected chi connectivity index (χ2v) is 13.2. The van der Waals surface area contributed by atoms with Crippen LogP contribution in [0.15, 0.2) is 0 Å². The molecule has 0 aromatic rings. The lowest BCUT2D eigenvalue weighted by molar-refractivity contribution is -0.894. The second kappa shape index (κ2) is 28.4. The van der Waals surface area contributed by atoms with Crippen LogP contribution in [-0.4, -0.2) is 54.6 Å². The van der Waals surface area contributed by atoms with Gasteiger partial charge in [0.25, 0.3) is 0 Å². The van der Waals surface area contributed by atoms with Crippen molar-refractivity contribution in [1.29, 1.82) is 0 Å². The number of rotatable bonds is 31. The topological polar surface area (TPSA) is 40.5 Å². The van der Waals surface area contributed by atoms with Crippen molar-refractivity contribution in [2.75, 3.05) is 33.8 Å². The second-order valence-electron chi connectivity index (χ2n) is 13.2. The van der Waals surface area contributed by atoms with Crippen LogP contribution < -0.4 is 0 Å². The van der Waals surface area contributed by atoms with E-state index in [1.54, 1.807) is 0 Å². The summed E-state index contributed by atoms with van der Waals surface area (Å²) in [7, 11) is 4.42. The van der Waals surface area contributed by atoms with Gasteiger partial charge in [0.15, 0.2) is 0 Å². The molecule has 3 heteroatoms. The number of aliphatic hydroxyl groups is 2. The van der Waals surface area contributed by atoms with Gasteiger partial charge in [0.05, 0.1) is 33.4 Å². The van der Waals surface area contributed by atoms with E-state index in [0.29, 0.717) is 5.92 Å². The maximum absolute atomic E-state index is 11.1. The van der Waals surface area contributed by atoms with Crippen molar-refractivity contribution in [2.45, 2.75) is 187 Å². The number of hydrogen-bond donors (Lipinski definition) is 2. The van der Waals surface area contributed by atoms with E-state index in [1.807, 2.05) is 0 Å². The Hall–Kier alpha value is -0.120. The Morgan fingerprint density at radius 2 is 0.789 bits per heavy atom. The highest BCUT2D eigenvalue weighted by Gasteiger charge is 2.27. The summed E-state index contributed by atoms with van der Waals surface area (Å²) in [5, 5.41) is 20.6. The van der Waals surface area contributed by atoms with Gasteiger partial charge in [0.1, 0.15) is 6.54 Å². The molecule has 0 aliphatic carbocycles. The molecule has 2 unspecified atom stereocenters. The summed E-state index contributed by atoms with van der Waals surface area (Å²) in [6, 6.07) is 0. The van der Waals surface area contributed by atoms with Crippen LogP contribution in [0.4, 0.5) is 0 Å². The minimum absolute atomic E-state index is 0.179. The summed E-state index contributed by atoms with van der Waals surface area (Å²) in [4.78, 5) is 0. The van der Waals surface area contributed by atoms with E-state index < -0.39 is 0 Å². The molecule has 0 aliphatic heterocycles. The molecule has 0 saturated carbocycles. The number of hydrogen-bond acceptors (Lipinski definition) is 2. The van der Waals surface area contributed by atoms with Gasteiger partial charge in [-0.05, 0) is 12.8 Å². The summed E-state index contributed by atoms with van der Waals surface area (Å²) in [5.41, 5.74) is 0. The van der Waals surface area contributed by atoms with Gasteiger partial charge in [-0.15, -0.1) is 0 Å². The Morgan fingerprint density at radius 3 is 1.13 bits per heavy atom. The van der Waals surface area contributed by atoms with Gasteiger partial charge in [-0.1, -0.05) is 168 Å². The van der Waals surface area contributed by atoms with Crippen molar-refractivity contribution in [2.24, 2.45) is 5.92 Å². The van der Waals surface area contributed by atoms with Gasteiger partial charge in [-0.2, -0.15) is 0 Å². The third-order valence-corrected chi connectivity index (χ3v) is 8.76. The minimum atomic E-state index is -0.179. The average molecular weight is 541 g/mol. The van der Waals surface area contributed by atoms with E-state index in [9.17, 15) is 10.2 Å². The van der Waals surface area contributed by atoms with Crippen molar-refractivity contribution in [3.63, 3.8) is 0 Å². The van der Waals surface area contributed by atoms with Gasteiger partial charge < -0.3 is 14.7 Å². The normalized spacial score (nSPS) is 13.7. The summed E-state index contributed by atoms with van der Waals surface area (Å²) in [6.45, 7) is 6.57. The molecule has 0 aromatic carbocycles. The number of nitrogens with zero attached hydrogens (tertiary/aromatic N) is 1. The summed E-state index contributed by atoms with van der Waals surface area (Å²) in [5.74, 6) is 0.368. The number of quaternary nitrogens is 1. The predicted molar refractivity (Wildman–Crippen MR) is 170 cm³/mol. The molecule has 0 rings (SSSR count). The highest BCUT2D eigenvalue weighted by molar-refractivity contribution is 4.70. The SMILES string of the molecule is CCCCCCCCCCCCCCC(O)C(CCCCCCCCCCCCCC)C[N+](C)(C)CCO. The Balaban J connectivity index is 4.01. The van der Waals surface area contributed by atoms with Crippen LogP contribution in [-0.2, 0) is 0 Å². The maximum atomic E-state index is 11.1. The number of unbranched alkanes of at least 4 members (excludes halogenated alkanes) is 22. The van der Waals surface area contributed by atoms with Crippen LogP contribution in [0.1, 0.15) is 181 Å². The first-order chi connectivity index (χ1) is 18.5. The summed E-state index contributed by atoms with van der Waals surface area (Å²) < 4.78 is 0.814. The van der Waals surface area contributed by atoms with Crippen LogP contribution in [0.5, 0.6) is 0 Å². The van der Waals surface area contributed by atoms with Crippen molar-refractivity contribution in [3.05, 3.63) is 0 Å². The fourth-order valence-corrected chi connectivity index (χ4v) is 6.08. The molecule has 230 valence electrons. The molecule has 2 N–H and O–H groups in total. The molecule has 0 spiro atoms. The Kier molecular flexibility index (Phi) is 28.3. The van der Waals surface area contributed by atoms with Crippen molar-refractivity contribution in [3.8, 4) is 0 Å². The Labute approximate surface area is 241 Å². The fraction of sp³-hybridized carbons (Fsp3) is 1.00. The predicted octanol–water partition coefficient (Wildman–Crippen LogP) is 10.2. The molecule has 0 bridgehead atoms. The molecule has 3 nitrogen and oxygen atoms in total. The van der Waals surface area contributed by atoms with E-state index in [-0.39, 0.29) is 12.7 Å². The number of likely N-dealkylation sites (N-methyl/N-ethyl adjacent to an activating group) is 1. The molecule has 0 amide bonds. The van der Waals surface area contributed by atoms with Gasteiger partial charge in [0.2, 0.25) is 0 Å². The van der Waals surface area contributed by atoms with E-state index in [1.165, 1.54) is 154 Å². The monoisotopic (exact) mass is 541 g/mol. The van der Waals surface area contributed by atoms with Gasteiger partial charge in [0, 0.05) is 5.92 Å². The zero-order valence-electron chi connectivity index (χ0n) is 27.0. The Morgan fingerprint density at radius 1 is 0.474 bits per heavy atom. The van der Waals surface area contributed by atoms with E-state index in [2.05, 4.69) is 27.9 Å². The zero-order valence-corrected chi connectivity index (χ0v) is 27.0. The summed E-state index contributed by atoms with van der Waals surface area (Å²) in [6.07, 6.45) is 34.9. The van der Waals surface area contributed by atoms with Crippen LogP contribution in [0.25, 0.3) is 0 Å². The fourth-order valence-electron chi connectivity index (χ4n) is 6.08. The largest absolute Gasteiger partial charge is 0.393 e. The minimum Gasteiger partial charge on any atom is -0.393 e. The first-order valence-corrected chi connectivity index (χ1v) is 17.6. The van der Waals surface area contributed by atoms with Crippen LogP contribution in [0.2, 0.25) is 0 Å². The average Bonchev–Trinajstić information content (AvgIpc) is 2.89. The summed E-state index contributed by atoms with van der Waals surface area (Å²) >= 11 is 0. The molecule has 2 atom stereocenters. The Bertz CT molecular complexity index is 453. The molecule has 0 heterocycles.